The van der Waals surface area contributed by atoms with Crippen LogP contribution in [0.3, 0.4) is 0 Å². The smallest absolute Gasteiger partial charge is 0.327 e. The third kappa shape index (κ3) is 9.56. The van der Waals surface area contributed by atoms with Crippen LogP contribution in [0, 0.1) is 0 Å². The van der Waals surface area contributed by atoms with Crippen molar-refractivity contribution in [2.45, 2.75) is 50.0 Å². The van der Waals surface area contributed by atoms with Gasteiger partial charge in [-0.1, -0.05) is 0 Å². The average Bonchev–Trinajstić information content (AvgIpc) is 2.64. The number of carboxylic acids is 2. The van der Waals surface area contributed by atoms with Gasteiger partial charge in [-0.3, -0.25) is 19.2 Å². The van der Waals surface area contributed by atoms with E-state index >= 15 is 0 Å². The second-order valence-electron chi connectivity index (χ2n) is 6.09. The second kappa shape index (κ2) is 12.9. The number of thiol groups is 1. The zero-order valence-electron chi connectivity index (χ0n) is 15.6. The van der Waals surface area contributed by atoms with Crippen molar-refractivity contribution < 1.29 is 44.4 Å². The molecule has 0 aromatic heterocycles. The molecule has 0 aromatic carbocycles. The number of amides is 3. The zero-order valence-corrected chi connectivity index (χ0v) is 16.5. The molecule has 0 aliphatic carbocycles. The van der Waals surface area contributed by atoms with E-state index in [1.165, 1.54) is 0 Å². The fraction of sp³-hybridized carbons (Fsp3) is 0.667. The van der Waals surface area contributed by atoms with Gasteiger partial charge in [0.25, 0.3) is 0 Å². The van der Waals surface area contributed by atoms with Gasteiger partial charge in [0.2, 0.25) is 17.7 Å². The lowest BCUT2D eigenvalue weighted by molar-refractivity contribution is -0.142. The Labute approximate surface area is 171 Å². The van der Waals surface area contributed by atoms with E-state index in [1.807, 2.05) is 0 Å². The van der Waals surface area contributed by atoms with Gasteiger partial charge < -0.3 is 42.1 Å². The van der Waals surface area contributed by atoms with Crippen LogP contribution in [0.5, 0.6) is 0 Å². The lowest BCUT2D eigenvalue weighted by Crippen LogP contribution is -2.60. The number of aliphatic carboxylic acids is 2. The summed E-state index contributed by atoms with van der Waals surface area (Å²) in [5.74, 6) is -5.76. The van der Waals surface area contributed by atoms with Crippen LogP contribution in [-0.4, -0.2) is 92.7 Å². The number of aliphatic hydroxyl groups is 2. The first-order valence-electron chi connectivity index (χ1n) is 8.45. The van der Waals surface area contributed by atoms with Gasteiger partial charge in [-0.2, -0.15) is 12.6 Å². The summed E-state index contributed by atoms with van der Waals surface area (Å²) in [5, 5.41) is 42.9. The normalized spacial score (nSPS) is 15.9. The number of carbonyl (C=O) groups is 5. The minimum Gasteiger partial charge on any atom is -0.481 e. The topological polar surface area (TPSA) is 228 Å². The molecule has 13 nitrogen and oxygen atoms in total. The monoisotopic (exact) mass is 438 g/mol. The van der Waals surface area contributed by atoms with Crippen LogP contribution in [-0.2, 0) is 24.0 Å². The van der Waals surface area contributed by atoms with E-state index in [0.717, 1.165) is 6.92 Å². The Hall–Kier alpha value is -2.42. The minimum absolute atomic E-state index is 0.208. The first-order valence-corrected chi connectivity index (χ1v) is 9.08. The molecule has 0 bridgehead atoms. The van der Waals surface area contributed by atoms with Crippen LogP contribution in [0.25, 0.3) is 0 Å². The Morgan fingerprint density at radius 2 is 1.52 bits per heavy atom. The molecule has 9 N–H and O–H groups in total. The molecule has 0 rings (SSSR count). The van der Waals surface area contributed by atoms with Gasteiger partial charge in [-0.05, 0) is 13.3 Å². The molecule has 0 aliphatic rings. The largest absolute Gasteiger partial charge is 0.481 e. The predicted molar refractivity (Wildman–Crippen MR) is 101 cm³/mol. The third-order valence-corrected chi connectivity index (χ3v) is 4.05. The number of carboxylic acid groups (broad SMARTS) is 2. The maximum absolute atomic E-state index is 12.3. The molecule has 0 heterocycles. The van der Waals surface area contributed by atoms with Crippen molar-refractivity contribution in [3.05, 3.63) is 0 Å². The zero-order chi connectivity index (χ0) is 22.7. The van der Waals surface area contributed by atoms with Gasteiger partial charge in [-0.15, -0.1) is 0 Å². The highest BCUT2D eigenvalue weighted by atomic mass is 32.1. The number of rotatable bonds is 13. The Bertz CT molecular complexity index is 617. The molecule has 5 atom stereocenters. The SMILES string of the molecule is CC(O)C(NC(=O)C(CO)NC(=O)C(N)CCC(=O)O)C(=O)NC(CS)C(=O)O. The molecule has 0 radical (unpaired) electrons. The van der Waals surface area contributed by atoms with E-state index in [1.54, 1.807) is 0 Å². The summed E-state index contributed by atoms with van der Waals surface area (Å²) in [6.45, 7) is 0.279. The fourth-order valence-corrected chi connectivity index (χ4v) is 2.24. The molecule has 0 fully saturated rings. The average molecular weight is 438 g/mol. The van der Waals surface area contributed by atoms with Crippen molar-refractivity contribution >= 4 is 42.3 Å². The fourth-order valence-electron chi connectivity index (χ4n) is 1.99. The molecule has 14 heteroatoms. The summed E-state index contributed by atoms with van der Waals surface area (Å²) in [6.07, 6.45) is -2.04. The number of hydrogen-bond acceptors (Lipinski definition) is 9. The molecule has 0 spiro atoms. The molecule has 166 valence electrons. The number of nitrogens with two attached hydrogens (primary N) is 1. The molecule has 0 saturated carbocycles. The highest BCUT2D eigenvalue weighted by Gasteiger charge is 2.32. The quantitative estimate of drug-likeness (QED) is 0.127. The van der Waals surface area contributed by atoms with E-state index in [4.69, 9.17) is 15.9 Å². The van der Waals surface area contributed by atoms with Crippen molar-refractivity contribution in [3.8, 4) is 0 Å². The van der Waals surface area contributed by atoms with E-state index < -0.39 is 66.5 Å². The molecular formula is C15H26N4O9S. The molecular weight excluding hydrogens is 412 g/mol. The van der Waals surface area contributed by atoms with Crippen LogP contribution in [0.4, 0.5) is 0 Å². The molecule has 0 aromatic rings. The number of nitrogens with one attached hydrogen (secondary N) is 3. The summed E-state index contributed by atoms with van der Waals surface area (Å²) in [4.78, 5) is 57.8. The number of carbonyl (C=O) groups excluding carboxylic acids is 3. The van der Waals surface area contributed by atoms with Crippen LogP contribution >= 0.6 is 12.6 Å². The molecule has 0 aliphatic heterocycles. The lowest BCUT2D eigenvalue weighted by atomic mass is 10.1. The van der Waals surface area contributed by atoms with E-state index in [-0.39, 0.29) is 18.6 Å². The van der Waals surface area contributed by atoms with Crippen molar-refractivity contribution in [2.75, 3.05) is 12.4 Å². The standard InChI is InChI=1S/C15H26N4O9S/c1-6(21)11(14(26)18-9(5-29)15(27)28)19-13(25)8(4-20)17-12(24)7(16)2-3-10(22)23/h6-9,11,20-21,29H,2-5,16H2,1H3,(H,17,24)(H,18,26)(H,19,25)(H,22,23)(H,27,28). The summed E-state index contributed by atoms with van der Waals surface area (Å²) in [6, 6.07) is -5.76. The maximum atomic E-state index is 12.3. The van der Waals surface area contributed by atoms with E-state index in [2.05, 4.69) is 28.6 Å². The molecule has 3 amide bonds. The molecule has 0 saturated heterocycles. The lowest BCUT2D eigenvalue weighted by Gasteiger charge is -2.25. The van der Waals surface area contributed by atoms with E-state index in [9.17, 15) is 34.2 Å². The van der Waals surface area contributed by atoms with Crippen LogP contribution in [0.2, 0.25) is 0 Å². The summed E-state index contributed by atoms with van der Waals surface area (Å²) in [5.41, 5.74) is 5.51. The van der Waals surface area contributed by atoms with Crippen molar-refractivity contribution in [3.63, 3.8) is 0 Å². The summed E-state index contributed by atoms with van der Waals surface area (Å²) in [7, 11) is 0. The van der Waals surface area contributed by atoms with Crippen molar-refractivity contribution in [1.82, 2.24) is 16.0 Å². The van der Waals surface area contributed by atoms with Crippen LogP contribution in [0.15, 0.2) is 0 Å². The van der Waals surface area contributed by atoms with Crippen LogP contribution in [0.1, 0.15) is 19.8 Å². The summed E-state index contributed by atoms with van der Waals surface area (Å²) >= 11 is 3.78. The Morgan fingerprint density at radius 3 is 1.93 bits per heavy atom. The molecule has 5 unspecified atom stereocenters. The highest BCUT2D eigenvalue weighted by Crippen LogP contribution is 2.00. The Kier molecular flexibility index (Phi) is 11.8. The predicted octanol–water partition coefficient (Wildman–Crippen LogP) is -3.98. The number of aliphatic hydroxyl groups excluding tert-OH is 2. The molecule has 29 heavy (non-hydrogen) atoms. The Morgan fingerprint density at radius 1 is 0.966 bits per heavy atom. The van der Waals surface area contributed by atoms with Gasteiger partial charge in [0, 0.05) is 12.2 Å². The number of hydrogen-bond donors (Lipinski definition) is 9. The third-order valence-electron chi connectivity index (χ3n) is 3.68. The van der Waals surface area contributed by atoms with Gasteiger partial charge >= 0.3 is 11.9 Å². The van der Waals surface area contributed by atoms with Crippen molar-refractivity contribution in [2.24, 2.45) is 5.73 Å². The maximum Gasteiger partial charge on any atom is 0.327 e. The van der Waals surface area contributed by atoms with Gasteiger partial charge in [0.15, 0.2) is 0 Å². The van der Waals surface area contributed by atoms with Gasteiger partial charge in [0.1, 0.15) is 18.1 Å². The summed E-state index contributed by atoms with van der Waals surface area (Å²) < 4.78 is 0. The Balaban J connectivity index is 5.04. The van der Waals surface area contributed by atoms with Gasteiger partial charge in [0.05, 0.1) is 18.8 Å². The minimum atomic E-state index is -1.59. The first kappa shape index (κ1) is 26.6. The van der Waals surface area contributed by atoms with Crippen molar-refractivity contribution in [1.29, 1.82) is 0 Å². The first-order chi connectivity index (χ1) is 13.4. The van der Waals surface area contributed by atoms with Crippen LogP contribution < -0.4 is 21.7 Å². The second-order valence-corrected chi connectivity index (χ2v) is 6.46. The van der Waals surface area contributed by atoms with Gasteiger partial charge in [-0.25, -0.2) is 4.79 Å². The highest BCUT2D eigenvalue weighted by molar-refractivity contribution is 7.80. The van der Waals surface area contributed by atoms with E-state index in [0.29, 0.717) is 0 Å².